The summed E-state index contributed by atoms with van der Waals surface area (Å²) >= 11 is 0. The van der Waals surface area contributed by atoms with Crippen LogP contribution < -0.4 is 5.56 Å². The van der Waals surface area contributed by atoms with Crippen LogP contribution in [0.4, 0.5) is 0 Å². The van der Waals surface area contributed by atoms with Gasteiger partial charge in [0.05, 0.1) is 12.5 Å². The van der Waals surface area contributed by atoms with Crippen molar-refractivity contribution in [3.8, 4) is 0 Å². The number of H-pyrrole nitrogens is 2. The summed E-state index contributed by atoms with van der Waals surface area (Å²) in [4.78, 5) is 37.7. The molecule has 23 heavy (non-hydrogen) atoms. The lowest BCUT2D eigenvalue weighted by molar-refractivity contribution is -0.131. The van der Waals surface area contributed by atoms with E-state index in [4.69, 9.17) is 0 Å². The Morgan fingerprint density at radius 2 is 2.04 bits per heavy atom. The average molecular weight is 316 g/mol. The first-order chi connectivity index (χ1) is 11.0. The highest BCUT2D eigenvalue weighted by atomic mass is 16.2. The number of hydrogen-bond acceptors (Lipinski definition) is 5. The van der Waals surface area contributed by atoms with Crippen LogP contribution in [0.2, 0.25) is 0 Å². The van der Waals surface area contributed by atoms with Crippen LogP contribution >= 0.6 is 0 Å². The molecule has 1 aliphatic rings. The number of amides is 1. The van der Waals surface area contributed by atoms with Gasteiger partial charge in [-0.25, -0.2) is 9.97 Å². The highest BCUT2D eigenvalue weighted by Crippen LogP contribution is 2.30. The van der Waals surface area contributed by atoms with E-state index in [1.54, 1.807) is 18.7 Å². The predicted molar refractivity (Wildman–Crippen MR) is 82.8 cm³/mol. The van der Waals surface area contributed by atoms with Crippen molar-refractivity contribution >= 4 is 5.91 Å². The van der Waals surface area contributed by atoms with Crippen molar-refractivity contribution in [2.45, 2.75) is 46.1 Å². The maximum absolute atomic E-state index is 12.7. The Labute approximate surface area is 133 Å². The topological polar surface area (TPSA) is 108 Å². The maximum atomic E-state index is 12.7. The van der Waals surface area contributed by atoms with E-state index in [0.29, 0.717) is 29.5 Å². The van der Waals surface area contributed by atoms with Crippen molar-refractivity contribution in [1.82, 2.24) is 30.0 Å². The molecule has 1 unspecified atom stereocenters. The molecule has 0 aromatic carbocycles. The van der Waals surface area contributed by atoms with E-state index in [9.17, 15) is 9.59 Å². The van der Waals surface area contributed by atoms with Gasteiger partial charge in [-0.1, -0.05) is 0 Å². The fourth-order valence-electron chi connectivity index (χ4n) is 3.05. The first-order valence-electron chi connectivity index (χ1n) is 7.70. The number of rotatable bonds is 3. The molecule has 8 heteroatoms. The van der Waals surface area contributed by atoms with Crippen LogP contribution in [-0.2, 0) is 11.2 Å². The van der Waals surface area contributed by atoms with Gasteiger partial charge in [-0.3, -0.25) is 14.7 Å². The minimum Gasteiger partial charge on any atom is -0.332 e. The number of aromatic amines is 2. The van der Waals surface area contributed by atoms with Gasteiger partial charge in [-0.2, -0.15) is 5.10 Å². The molecule has 1 amide bonds. The van der Waals surface area contributed by atoms with Crippen molar-refractivity contribution in [1.29, 1.82) is 0 Å². The van der Waals surface area contributed by atoms with E-state index in [0.717, 1.165) is 18.7 Å². The lowest BCUT2D eigenvalue weighted by atomic mass is 10.1. The van der Waals surface area contributed by atoms with E-state index >= 15 is 0 Å². The number of carbonyl (C=O) groups is 1. The number of nitrogens with zero attached hydrogens (tertiary/aromatic N) is 4. The fraction of sp³-hybridized carbons (Fsp3) is 0.533. The van der Waals surface area contributed by atoms with Crippen LogP contribution in [-0.4, -0.2) is 42.5 Å². The second-order valence-electron chi connectivity index (χ2n) is 5.92. The zero-order valence-electron chi connectivity index (χ0n) is 13.5. The SMILES string of the molecule is Cc1nc(C2CCCN2C(=O)Cc2c(C)nc(C)[nH]c2=O)n[nH]1. The standard InChI is InChI=1S/C15H20N6O2/c1-8-11(15(23)18-9(2)16-8)7-13(22)21-6-4-5-12(21)14-17-10(3)19-20-14/h12H,4-7H2,1-3H3,(H,16,18,23)(H,17,19,20). The molecule has 1 atom stereocenters. The van der Waals surface area contributed by atoms with E-state index in [1.807, 2.05) is 6.92 Å². The molecule has 2 aromatic heterocycles. The van der Waals surface area contributed by atoms with Crippen LogP contribution in [0.15, 0.2) is 4.79 Å². The van der Waals surface area contributed by atoms with Crippen LogP contribution in [0.25, 0.3) is 0 Å². The third-order valence-corrected chi connectivity index (χ3v) is 4.15. The molecule has 0 saturated carbocycles. The predicted octanol–water partition coefficient (Wildman–Crippen LogP) is 0.719. The summed E-state index contributed by atoms with van der Waals surface area (Å²) in [6, 6.07) is -0.120. The molecule has 1 aliphatic heterocycles. The van der Waals surface area contributed by atoms with Crippen molar-refractivity contribution in [2.24, 2.45) is 0 Å². The summed E-state index contributed by atoms with van der Waals surface area (Å²) in [6.45, 7) is 5.97. The van der Waals surface area contributed by atoms with Crippen molar-refractivity contribution in [3.63, 3.8) is 0 Å². The maximum Gasteiger partial charge on any atom is 0.254 e. The molecule has 0 radical (unpaired) electrons. The third-order valence-electron chi connectivity index (χ3n) is 4.15. The van der Waals surface area contributed by atoms with Gasteiger partial charge in [-0.15, -0.1) is 0 Å². The number of aromatic nitrogens is 5. The zero-order chi connectivity index (χ0) is 16.6. The summed E-state index contributed by atoms with van der Waals surface area (Å²) in [5.41, 5.74) is 0.786. The molecule has 0 spiro atoms. The Morgan fingerprint density at radius 3 is 2.70 bits per heavy atom. The number of likely N-dealkylation sites (tertiary alicyclic amines) is 1. The monoisotopic (exact) mass is 316 g/mol. The molecule has 0 bridgehead atoms. The Bertz CT molecular complexity index is 794. The molecule has 0 aliphatic carbocycles. The van der Waals surface area contributed by atoms with Crippen LogP contribution in [0.5, 0.6) is 0 Å². The van der Waals surface area contributed by atoms with Gasteiger partial charge in [0.1, 0.15) is 11.6 Å². The Morgan fingerprint density at radius 1 is 1.26 bits per heavy atom. The largest absolute Gasteiger partial charge is 0.332 e. The highest BCUT2D eigenvalue weighted by molar-refractivity contribution is 5.79. The molecular formula is C15H20N6O2. The van der Waals surface area contributed by atoms with Gasteiger partial charge in [0.15, 0.2) is 5.82 Å². The van der Waals surface area contributed by atoms with Gasteiger partial charge >= 0.3 is 0 Å². The van der Waals surface area contributed by atoms with Gasteiger partial charge in [0.25, 0.3) is 5.56 Å². The third kappa shape index (κ3) is 3.01. The fourth-order valence-corrected chi connectivity index (χ4v) is 3.05. The van der Waals surface area contributed by atoms with Gasteiger partial charge in [-0.05, 0) is 33.6 Å². The molecule has 2 N–H and O–H groups in total. The van der Waals surface area contributed by atoms with Crippen molar-refractivity contribution in [2.75, 3.05) is 6.54 Å². The Kier molecular flexibility index (Phi) is 3.97. The molecule has 3 heterocycles. The second kappa shape index (κ2) is 5.94. The zero-order valence-corrected chi connectivity index (χ0v) is 13.5. The van der Waals surface area contributed by atoms with E-state index in [1.165, 1.54) is 0 Å². The second-order valence-corrected chi connectivity index (χ2v) is 5.92. The summed E-state index contributed by atoms with van der Waals surface area (Å²) in [6.07, 6.45) is 1.80. The molecule has 122 valence electrons. The minimum absolute atomic E-state index is 0.0500. The summed E-state index contributed by atoms with van der Waals surface area (Å²) < 4.78 is 0. The molecule has 1 fully saturated rings. The van der Waals surface area contributed by atoms with E-state index in [-0.39, 0.29) is 23.9 Å². The normalized spacial score (nSPS) is 17.7. The first kappa shape index (κ1) is 15.4. The average Bonchev–Trinajstić information content (AvgIpc) is 3.10. The van der Waals surface area contributed by atoms with Crippen LogP contribution in [0.3, 0.4) is 0 Å². The smallest absolute Gasteiger partial charge is 0.254 e. The first-order valence-corrected chi connectivity index (χ1v) is 7.70. The van der Waals surface area contributed by atoms with Crippen LogP contribution in [0.1, 0.15) is 47.6 Å². The molecule has 1 saturated heterocycles. The lowest BCUT2D eigenvalue weighted by Gasteiger charge is -2.22. The number of carbonyl (C=O) groups excluding carboxylic acids is 1. The summed E-state index contributed by atoms with van der Waals surface area (Å²) in [5, 5.41) is 6.99. The van der Waals surface area contributed by atoms with Crippen molar-refractivity contribution in [3.05, 3.63) is 39.1 Å². The quantitative estimate of drug-likeness (QED) is 0.867. The van der Waals surface area contributed by atoms with Crippen LogP contribution in [0, 0.1) is 20.8 Å². The van der Waals surface area contributed by atoms with Gasteiger partial charge < -0.3 is 9.88 Å². The van der Waals surface area contributed by atoms with Gasteiger partial charge in [0.2, 0.25) is 5.91 Å². The Hall–Kier alpha value is -2.51. The minimum atomic E-state index is -0.243. The molecule has 8 nitrogen and oxygen atoms in total. The Balaban J connectivity index is 1.82. The van der Waals surface area contributed by atoms with E-state index < -0.39 is 0 Å². The number of nitrogens with one attached hydrogen (secondary N) is 2. The highest BCUT2D eigenvalue weighted by Gasteiger charge is 2.33. The van der Waals surface area contributed by atoms with E-state index in [2.05, 4.69) is 25.1 Å². The molecule has 2 aromatic rings. The summed E-state index contributed by atoms with van der Waals surface area (Å²) in [5.74, 6) is 1.84. The van der Waals surface area contributed by atoms with Gasteiger partial charge in [0, 0.05) is 17.8 Å². The number of aryl methyl sites for hydroxylation is 3. The summed E-state index contributed by atoms with van der Waals surface area (Å²) in [7, 11) is 0. The molecule has 3 rings (SSSR count). The lowest BCUT2D eigenvalue weighted by Crippen LogP contribution is -2.34. The number of hydrogen-bond donors (Lipinski definition) is 2. The molecular weight excluding hydrogens is 296 g/mol. The van der Waals surface area contributed by atoms with Crippen molar-refractivity contribution < 1.29 is 4.79 Å².